The molecular formula is C15H21FN2O5S. The van der Waals surface area contributed by atoms with E-state index in [4.69, 9.17) is 5.11 Å². The Morgan fingerprint density at radius 2 is 2.17 bits per heavy atom. The standard InChI is InChI=1S/C15H21FN2O5S/c1-24(22,23)18(13-4-2-3-12(16)7-13)9-15(21)17-6-5-11(10-19)14(20)8-17/h2-4,7,11,14,19-20H,5-6,8-10H2,1H3/t11-,14+/m1/s1. The third-order valence-corrected chi connectivity index (χ3v) is 5.22. The number of rotatable bonds is 5. The summed E-state index contributed by atoms with van der Waals surface area (Å²) in [5.41, 5.74) is 0.0663. The molecule has 1 amide bonds. The van der Waals surface area contributed by atoms with Crippen LogP contribution < -0.4 is 4.31 Å². The molecule has 134 valence electrons. The van der Waals surface area contributed by atoms with Gasteiger partial charge in [-0.25, -0.2) is 12.8 Å². The van der Waals surface area contributed by atoms with Crippen LogP contribution in [0.25, 0.3) is 0 Å². The number of hydrogen-bond acceptors (Lipinski definition) is 5. The molecule has 0 aromatic heterocycles. The van der Waals surface area contributed by atoms with Gasteiger partial charge in [0, 0.05) is 25.6 Å². The second-order valence-electron chi connectivity index (χ2n) is 5.89. The zero-order valence-electron chi connectivity index (χ0n) is 13.3. The quantitative estimate of drug-likeness (QED) is 0.757. The van der Waals surface area contributed by atoms with Crippen molar-refractivity contribution in [3.63, 3.8) is 0 Å². The van der Waals surface area contributed by atoms with Gasteiger partial charge in [0.25, 0.3) is 0 Å². The number of benzene rings is 1. The van der Waals surface area contributed by atoms with Gasteiger partial charge in [-0.1, -0.05) is 6.07 Å². The predicted molar refractivity (Wildman–Crippen MR) is 86.4 cm³/mol. The number of hydrogen-bond donors (Lipinski definition) is 2. The van der Waals surface area contributed by atoms with Gasteiger partial charge in [-0.05, 0) is 24.6 Å². The number of β-amino-alcohol motifs (C(OH)–C–C–N with tert-alkyl or cyclic N) is 1. The van der Waals surface area contributed by atoms with Crippen molar-refractivity contribution in [2.45, 2.75) is 12.5 Å². The Kier molecular flexibility index (Phi) is 5.79. The number of nitrogens with zero attached hydrogens (tertiary/aromatic N) is 2. The molecule has 7 nitrogen and oxygen atoms in total. The largest absolute Gasteiger partial charge is 0.396 e. The van der Waals surface area contributed by atoms with Gasteiger partial charge in [0.2, 0.25) is 15.9 Å². The molecule has 1 aliphatic heterocycles. The lowest BCUT2D eigenvalue weighted by Crippen LogP contribution is -2.51. The molecule has 1 fully saturated rings. The van der Waals surface area contributed by atoms with E-state index in [1.807, 2.05) is 0 Å². The summed E-state index contributed by atoms with van der Waals surface area (Å²) >= 11 is 0. The van der Waals surface area contributed by atoms with Gasteiger partial charge in [0.1, 0.15) is 12.4 Å². The average molecular weight is 360 g/mol. The summed E-state index contributed by atoms with van der Waals surface area (Å²) in [5.74, 6) is -1.38. The number of piperidine rings is 1. The fourth-order valence-corrected chi connectivity index (χ4v) is 3.52. The van der Waals surface area contributed by atoms with E-state index < -0.39 is 34.4 Å². The summed E-state index contributed by atoms with van der Waals surface area (Å²) in [4.78, 5) is 13.8. The van der Waals surface area contributed by atoms with Crippen molar-refractivity contribution in [1.29, 1.82) is 0 Å². The maximum absolute atomic E-state index is 13.4. The van der Waals surface area contributed by atoms with Crippen LogP contribution >= 0.6 is 0 Å². The maximum Gasteiger partial charge on any atom is 0.243 e. The maximum atomic E-state index is 13.4. The minimum Gasteiger partial charge on any atom is -0.396 e. The van der Waals surface area contributed by atoms with Gasteiger partial charge in [0.05, 0.1) is 18.0 Å². The number of carbonyl (C=O) groups is 1. The van der Waals surface area contributed by atoms with Gasteiger partial charge in [-0.3, -0.25) is 9.10 Å². The molecular weight excluding hydrogens is 339 g/mol. The smallest absolute Gasteiger partial charge is 0.243 e. The van der Waals surface area contributed by atoms with E-state index >= 15 is 0 Å². The van der Waals surface area contributed by atoms with Crippen molar-refractivity contribution in [3.05, 3.63) is 30.1 Å². The molecule has 0 unspecified atom stereocenters. The van der Waals surface area contributed by atoms with Crippen molar-refractivity contribution in [3.8, 4) is 0 Å². The Morgan fingerprint density at radius 3 is 2.71 bits per heavy atom. The van der Waals surface area contributed by atoms with Gasteiger partial charge in [-0.15, -0.1) is 0 Å². The number of carbonyl (C=O) groups excluding carboxylic acids is 1. The van der Waals surface area contributed by atoms with Crippen LogP contribution in [0.4, 0.5) is 10.1 Å². The normalized spacial score (nSPS) is 21.6. The van der Waals surface area contributed by atoms with Crippen molar-refractivity contribution < 1.29 is 27.8 Å². The number of anilines is 1. The highest BCUT2D eigenvalue weighted by molar-refractivity contribution is 7.92. The summed E-state index contributed by atoms with van der Waals surface area (Å²) in [7, 11) is -3.78. The molecule has 0 saturated carbocycles. The van der Waals surface area contributed by atoms with Crippen LogP contribution in [0, 0.1) is 11.7 Å². The van der Waals surface area contributed by atoms with Crippen molar-refractivity contribution >= 4 is 21.6 Å². The Bertz CT molecular complexity index is 697. The van der Waals surface area contributed by atoms with Crippen LogP contribution in [0.3, 0.4) is 0 Å². The first-order chi connectivity index (χ1) is 11.2. The minimum atomic E-state index is -3.78. The Balaban J connectivity index is 2.14. The van der Waals surface area contributed by atoms with Crippen molar-refractivity contribution in [2.75, 3.05) is 36.8 Å². The molecule has 0 radical (unpaired) electrons. The Morgan fingerprint density at radius 1 is 1.46 bits per heavy atom. The lowest BCUT2D eigenvalue weighted by Gasteiger charge is -2.36. The highest BCUT2D eigenvalue weighted by atomic mass is 32.2. The Hall–Kier alpha value is -1.71. The van der Waals surface area contributed by atoms with Gasteiger partial charge < -0.3 is 15.1 Å². The van der Waals surface area contributed by atoms with Crippen molar-refractivity contribution in [2.24, 2.45) is 5.92 Å². The molecule has 2 N–H and O–H groups in total. The van der Waals surface area contributed by atoms with E-state index in [0.29, 0.717) is 13.0 Å². The fourth-order valence-electron chi connectivity index (χ4n) is 2.67. The molecule has 2 atom stereocenters. The van der Waals surface area contributed by atoms with Gasteiger partial charge in [0.15, 0.2) is 0 Å². The summed E-state index contributed by atoms with van der Waals surface area (Å²) in [6.45, 7) is -0.284. The second kappa shape index (κ2) is 7.45. The summed E-state index contributed by atoms with van der Waals surface area (Å²) in [6, 6.07) is 5.00. The fraction of sp³-hybridized carbons (Fsp3) is 0.533. The molecule has 1 saturated heterocycles. The molecule has 0 aliphatic carbocycles. The first-order valence-electron chi connectivity index (χ1n) is 7.52. The van der Waals surface area contributed by atoms with E-state index in [1.54, 1.807) is 0 Å². The van der Waals surface area contributed by atoms with Gasteiger partial charge in [-0.2, -0.15) is 0 Å². The zero-order chi connectivity index (χ0) is 17.9. The lowest BCUT2D eigenvalue weighted by molar-refractivity contribution is -0.134. The number of aliphatic hydroxyl groups excluding tert-OH is 2. The number of halogens is 1. The van der Waals surface area contributed by atoms with E-state index in [-0.39, 0.29) is 24.8 Å². The SMILES string of the molecule is CS(=O)(=O)N(CC(=O)N1CC[C@H](CO)[C@@H](O)C1)c1cccc(F)c1. The number of sulfonamides is 1. The summed E-state index contributed by atoms with van der Waals surface area (Å²) < 4.78 is 38.2. The lowest BCUT2D eigenvalue weighted by atomic mass is 9.95. The third-order valence-electron chi connectivity index (χ3n) is 4.08. The van der Waals surface area contributed by atoms with E-state index in [1.165, 1.54) is 23.1 Å². The molecule has 2 rings (SSSR count). The third kappa shape index (κ3) is 4.43. The number of aliphatic hydroxyl groups is 2. The first kappa shape index (κ1) is 18.6. The minimum absolute atomic E-state index is 0.0326. The van der Waals surface area contributed by atoms with E-state index in [2.05, 4.69) is 0 Å². The molecule has 0 bridgehead atoms. The van der Waals surface area contributed by atoms with Crippen LogP contribution in [0.15, 0.2) is 24.3 Å². The first-order valence-corrected chi connectivity index (χ1v) is 9.37. The summed E-state index contributed by atoms with van der Waals surface area (Å²) in [6.07, 6.45) is 0.522. The topological polar surface area (TPSA) is 98.2 Å². The van der Waals surface area contributed by atoms with Crippen LogP contribution in [-0.4, -0.2) is 68.0 Å². The van der Waals surface area contributed by atoms with Crippen LogP contribution in [0.1, 0.15) is 6.42 Å². The highest BCUT2D eigenvalue weighted by Crippen LogP contribution is 2.21. The highest BCUT2D eigenvalue weighted by Gasteiger charge is 2.31. The molecule has 9 heteroatoms. The van der Waals surface area contributed by atoms with Crippen LogP contribution in [0.2, 0.25) is 0 Å². The molecule has 24 heavy (non-hydrogen) atoms. The second-order valence-corrected chi connectivity index (χ2v) is 7.79. The zero-order valence-corrected chi connectivity index (χ0v) is 14.1. The van der Waals surface area contributed by atoms with E-state index in [9.17, 15) is 22.7 Å². The number of amides is 1. The molecule has 1 aromatic carbocycles. The van der Waals surface area contributed by atoms with Crippen LogP contribution in [0.5, 0.6) is 0 Å². The van der Waals surface area contributed by atoms with Gasteiger partial charge >= 0.3 is 0 Å². The molecule has 1 aliphatic rings. The monoisotopic (exact) mass is 360 g/mol. The predicted octanol–water partition coefficient (Wildman–Crippen LogP) is -0.207. The average Bonchev–Trinajstić information content (AvgIpc) is 2.51. The molecule has 0 spiro atoms. The Labute approximate surface area is 140 Å². The summed E-state index contributed by atoms with van der Waals surface area (Å²) in [5, 5.41) is 19.0. The molecule has 1 heterocycles. The number of likely N-dealkylation sites (tertiary alicyclic amines) is 1. The van der Waals surface area contributed by atoms with Crippen LogP contribution in [-0.2, 0) is 14.8 Å². The van der Waals surface area contributed by atoms with Crippen molar-refractivity contribution in [1.82, 2.24) is 4.90 Å². The molecule has 1 aromatic rings. The van der Waals surface area contributed by atoms with E-state index in [0.717, 1.165) is 16.6 Å².